The van der Waals surface area contributed by atoms with Gasteiger partial charge in [-0.25, -0.2) is 4.98 Å². The molecule has 3 rings (SSSR count). The lowest BCUT2D eigenvalue weighted by atomic mass is 9.79. The molecule has 1 saturated carbocycles. The SMILES string of the molecule is Cc1cnc(C(C)N2CC(=O)NC3(CCCCC3)C2=O)o1. The van der Waals surface area contributed by atoms with Crippen LogP contribution in [0.15, 0.2) is 10.6 Å². The maximum Gasteiger partial charge on any atom is 0.249 e. The van der Waals surface area contributed by atoms with Crippen molar-refractivity contribution in [1.82, 2.24) is 15.2 Å². The Morgan fingerprint density at radius 1 is 1.33 bits per heavy atom. The summed E-state index contributed by atoms with van der Waals surface area (Å²) in [7, 11) is 0. The van der Waals surface area contributed by atoms with Crippen LogP contribution in [0.25, 0.3) is 0 Å². The van der Waals surface area contributed by atoms with E-state index in [1.807, 2.05) is 13.8 Å². The van der Waals surface area contributed by atoms with Gasteiger partial charge in [0, 0.05) is 0 Å². The monoisotopic (exact) mass is 291 g/mol. The van der Waals surface area contributed by atoms with E-state index in [0.29, 0.717) is 11.7 Å². The molecule has 0 bridgehead atoms. The number of oxazole rings is 1. The highest BCUT2D eigenvalue weighted by molar-refractivity contribution is 5.98. The molecule has 2 heterocycles. The second-order valence-electron chi connectivity index (χ2n) is 6.11. The van der Waals surface area contributed by atoms with Gasteiger partial charge in [0.05, 0.1) is 6.20 Å². The molecular formula is C15H21N3O3. The first-order chi connectivity index (χ1) is 10.0. The van der Waals surface area contributed by atoms with Crippen LogP contribution in [0.4, 0.5) is 0 Å². The smallest absolute Gasteiger partial charge is 0.249 e. The van der Waals surface area contributed by atoms with Gasteiger partial charge >= 0.3 is 0 Å². The van der Waals surface area contributed by atoms with Gasteiger partial charge in [-0.2, -0.15) is 0 Å². The van der Waals surface area contributed by atoms with Crippen molar-refractivity contribution in [3.63, 3.8) is 0 Å². The molecule has 6 heteroatoms. The third kappa shape index (κ3) is 2.43. The molecule has 1 aliphatic heterocycles. The molecule has 1 unspecified atom stereocenters. The van der Waals surface area contributed by atoms with Crippen LogP contribution in [-0.4, -0.2) is 33.8 Å². The topological polar surface area (TPSA) is 75.4 Å². The fraction of sp³-hybridized carbons (Fsp3) is 0.667. The Kier molecular flexibility index (Phi) is 3.47. The zero-order valence-electron chi connectivity index (χ0n) is 12.5. The summed E-state index contributed by atoms with van der Waals surface area (Å²) >= 11 is 0. The van der Waals surface area contributed by atoms with Crippen molar-refractivity contribution < 1.29 is 14.0 Å². The molecule has 1 saturated heterocycles. The summed E-state index contributed by atoms with van der Waals surface area (Å²) < 4.78 is 5.52. The lowest BCUT2D eigenvalue weighted by molar-refractivity contribution is -0.154. The van der Waals surface area contributed by atoms with Crippen LogP contribution in [0.5, 0.6) is 0 Å². The lowest BCUT2D eigenvalue weighted by Crippen LogP contribution is -2.67. The van der Waals surface area contributed by atoms with Gasteiger partial charge in [-0.15, -0.1) is 0 Å². The quantitative estimate of drug-likeness (QED) is 0.900. The number of aromatic nitrogens is 1. The summed E-state index contributed by atoms with van der Waals surface area (Å²) in [5, 5.41) is 2.94. The van der Waals surface area contributed by atoms with Crippen molar-refractivity contribution in [2.45, 2.75) is 57.5 Å². The van der Waals surface area contributed by atoms with Crippen molar-refractivity contribution in [3.8, 4) is 0 Å². The third-order valence-corrected chi connectivity index (χ3v) is 4.53. The van der Waals surface area contributed by atoms with Crippen molar-refractivity contribution in [1.29, 1.82) is 0 Å². The third-order valence-electron chi connectivity index (χ3n) is 4.53. The molecule has 2 fully saturated rings. The first-order valence-electron chi connectivity index (χ1n) is 7.56. The number of amides is 2. The van der Waals surface area contributed by atoms with Gasteiger partial charge in [-0.05, 0) is 26.7 Å². The molecule has 2 amide bonds. The average Bonchev–Trinajstić information content (AvgIpc) is 2.90. The molecule has 1 aliphatic carbocycles. The maximum absolute atomic E-state index is 12.9. The largest absolute Gasteiger partial charge is 0.444 e. The number of hydrogen-bond acceptors (Lipinski definition) is 4. The van der Waals surface area contributed by atoms with Crippen molar-refractivity contribution in [2.75, 3.05) is 6.54 Å². The van der Waals surface area contributed by atoms with Gasteiger partial charge in [0.1, 0.15) is 23.9 Å². The number of aryl methyl sites for hydroxylation is 1. The van der Waals surface area contributed by atoms with Crippen LogP contribution in [0.3, 0.4) is 0 Å². The van der Waals surface area contributed by atoms with Crippen LogP contribution in [0.1, 0.15) is 56.7 Å². The van der Waals surface area contributed by atoms with E-state index in [1.165, 1.54) is 0 Å². The molecule has 6 nitrogen and oxygen atoms in total. The number of nitrogens with zero attached hydrogens (tertiary/aromatic N) is 2. The van der Waals surface area contributed by atoms with E-state index < -0.39 is 5.54 Å². The fourth-order valence-corrected chi connectivity index (χ4v) is 3.37. The first-order valence-corrected chi connectivity index (χ1v) is 7.56. The second kappa shape index (κ2) is 5.16. The van der Waals surface area contributed by atoms with Crippen LogP contribution >= 0.6 is 0 Å². The van der Waals surface area contributed by atoms with E-state index >= 15 is 0 Å². The van der Waals surface area contributed by atoms with Gasteiger partial charge in [0.2, 0.25) is 17.7 Å². The Morgan fingerprint density at radius 2 is 2.05 bits per heavy atom. The van der Waals surface area contributed by atoms with E-state index in [4.69, 9.17) is 4.42 Å². The van der Waals surface area contributed by atoms with E-state index in [9.17, 15) is 9.59 Å². The highest BCUT2D eigenvalue weighted by Gasteiger charge is 2.48. The molecule has 0 aromatic carbocycles. The van der Waals surface area contributed by atoms with Crippen molar-refractivity contribution in [2.24, 2.45) is 0 Å². The van der Waals surface area contributed by atoms with Crippen LogP contribution < -0.4 is 5.32 Å². The van der Waals surface area contributed by atoms with Crippen molar-refractivity contribution in [3.05, 3.63) is 17.8 Å². The maximum atomic E-state index is 12.9. The number of nitrogens with one attached hydrogen (secondary N) is 1. The van der Waals surface area contributed by atoms with Crippen LogP contribution in [0.2, 0.25) is 0 Å². The molecule has 1 atom stereocenters. The zero-order valence-corrected chi connectivity index (χ0v) is 12.5. The Hall–Kier alpha value is -1.85. The lowest BCUT2D eigenvalue weighted by Gasteiger charge is -2.45. The van der Waals surface area contributed by atoms with Crippen LogP contribution in [0, 0.1) is 6.92 Å². The Balaban J connectivity index is 1.87. The summed E-state index contributed by atoms with van der Waals surface area (Å²) in [5.41, 5.74) is -0.705. The average molecular weight is 291 g/mol. The standard InChI is InChI=1S/C15H21N3O3/c1-10-8-16-13(21-10)11(2)18-9-12(19)17-15(14(18)20)6-4-3-5-7-15/h8,11H,3-7,9H2,1-2H3,(H,17,19). The molecule has 21 heavy (non-hydrogen) atoms. The minimum Gasteiger partial charge on any atom is -0.444 e. The molecule has 1 aromatic rings. The molecule has 1 N–H and O–H groups in total. The Labute approximate surface area is 123 Å². The van der Waals surface area contributed by atoms with E-state index in [0.717, 1.165) is 32.1 Å². The molecule has 2 aliphatic rings. The normalized spacial score (nSPS) is 23.2. The summed E-state index contributed by atoms with van der Waals surface area (Å²) in [6, 6.07) is -0.323. The highest BCUT2D eigenvalue weighted by atomic mass is 16.4. The summed E-state index contributed by atoms with van der Waals surface area (Å²) in [6.45, 7) is 3.75. The predicted octanol–water partition coefficient (Wildman–Crippen LogP) is 1.71. The van der Waals surface area contributed by atoms with Gasteiger partial charge in [-0.1, -0.05) is 19.3 Å². The van der Waals surface area contributed by atoms with Gasteiger partial charge in [0.15, 0.2) is 0 Å². The fourth-order valence-electron chi connectivity index (χ4n) is 3.37. The van der Waals surface area contributed by atoms with E-state index in [-0.39, 0.29) is 24.4 Å². The zero-order chi connectivity index (χ0) is 15.0. The Bertz CT molecular complexity index is 560. The van der Waals surface area contributed by atoms with Gasteiger partial charge in [0.25, 0.3) is 0 Å². The minimum absolute atomic E-state index is 0.00477. The van der Waals surface area contributed by atoms with Gasteiger partial charge < -0.3 is 14.6 Å². The van der Waals surface area contributed by atoms with Gasteiger partial charge in [-0.3, -0.25) is 9.59 Å². The molecule has 0 radical (unpaired) electrons. The predicted molar refractivity (Wildman–Crippen MR) is 75.3 cm³/mol. The number of carbonyl (C=O) groups excluding carboxylic acids is 2. The number of rotatable bonds is 2. The van der Waals surface area contributed by atoms with E-state index in [1.54, 1.807) is 11.1 Å². The first kappa shape index (κ1) is 14.1. The summed E-state index contributed by atoms with van der Waals surface area (Å²) in [5.74, 6) is 1.11. The molecule has 1 aromatic heterocycles. The highest BCUT2D eigenvalue weighted by Crippen LogP contribution is 2.34. The number of piperazine rings is 1. The minimum atomic E-state index is -0.705. The second-order valence-corrected chi connectivity index (χ2v) is 6.11. The molecule has 1 spiro atoms. The van der Waals surface area contributed by atoms with Crippen LogP contribution in [-0.2, 0) is 9.59 Å². The number of hydrogen-bond donors (Lipinski definition) is 1. The van der Waals surface area contributed by atoms with Crippen molar-refractivity contribution >= 4 is 11.8 Å². The molecule has 114 valence electrons. The molecular weight excluding hydrogens is 270 g/mol. The van der Waals surface area contributed by atoms with E-state index in [2.05, 4.69) is 10.3 Å². The Morgan fingerprint density at radius 3 is 2.67 bits per heavy atom. The number of carbonyl (C=O) groups is 2. The summed E-state index contributed by atoms with van der Waals surface area (Å²) in [6.07, 6.45) is 6.17. The summed E-state index contributed by atoms with van der Waals surface area (Å²) in [4.78, 5) is 30.8.